The van der Waals surface area contributed by atoms with E-state index < -0.39 is 23.1 Å². The number of nitrogens with two attached hydrogens (primary N) is 1. The van der Waals surface area contributed by atoms with Crippen LogP contribution in [-0.4, -0.2) is 28.0 Å². The maximum Gasteiger partial charge on any atom is 0.243 e. The van der Waals surface area contributed by atoms with Crippen LogP contribution in [0.1, 0.15) is 32.6 Å². The molecule has 22 heavy (non-hydrogen) atoms. The SMILES string of the molecule is CCC1(C(N)=O)CCCCN1c1nc2cc(F)c(F)cc2[nH]1. The first-order chi connectivity index (χ1) is 10.5. The van der Waals surface area contributed by atoms with Gasteiger partial charge in [0.05, 0.1) is 11.0 Å². The second-order valence-electron chi connectivity index (χ2n) is 5.70. The van der Waals surface area contributed by atoms with E-state index in [0.717, 1.165) is 25.0 Å². The Morgan fingerprint density at radius 2 is 2.14 bits per heavy atom. The van der Waals surface area contributed by atoms with E-state index >= 15 is 0 Å². The number of fused-ring (bicyclic) bond motifs is 1. The van der Waals surface area contributed by atoms with E-state index in [1.165, 1.54) is 0 Å². The lowest BCUT2D eigenvalue weighted by Crippen LogP contribution is -2.60. The molecule has 2 aromatic rings. The van der Waals surface area contributed by atoms with E-state index in [9.17, 15) is 13.6 Å². The van der Waals surface area contributed by atoms with Gasteiger partial charge in [-0.3, -0.25) is 4.79 Å². The number of halogens is 2. The Labute approximate surface area is 126 Å². The van der Waals surface area contributed by atoms with Gasteiger partial charge in [0.15, 0.2) is 11.6 Å². The molecule has 1 saturated heterocycles. The molecule has 118 valence electrons. The molecule has 2 heterocycles. The van der Waals surface area contributed by atoms with E-state index in [-0.39, 0.29) is 0 Å². The summed E-state index contributed by atoms with van der Waals surface area (Å²) in [7, 11) is 0. The predicted molar refractivity (Wildman–Crippen MR) is 79.4 cm³/mol. The van der Waals surface area contributed by atoms with Gasteiger partial charge < -0.3 is 15.6 Å². The molecule has 1 unspecified atom stereocenters. The number of piperidine rings is 1. The Morgan fingerprint density at radius 1 is 1.41 bits per heavy atom. The number of aromatic amines is 1. The number of carbonyl (C=O) groups excluding carboxylic acids is 1. The van der Waals surface area contributed by atoms with Crippen molar-refractivity contribution in [1.29, 1.82) is 0 Å². The number of amides is 1. The third kappa shape index (κ3) is 2.12. The number of hydrogen-bond donors (Lipinski definition) is 2. The van der Waals surface area contributed by atoms with Gasteiger partial charge >= 0.3 is 0 Å². The first-order valence-electron chi connectivity index (χ1n) is 7.40. The number of imidazole rings is 1. The van der Waals surface area contributed by atoms with Crippen molar-refractivity contribution in [2.75, 3.05) is 11.4 Å². The molecule has 1 fully saturated rings. The van der Waals surface area contributed by atoms with Crippen molar-refractivity contribution in [3.05, 3.63) is 23.8 Å². The maximum atomic E-state index is 13.3. The number of hydrogen-bond acceptors (Lipinski definition) is 3. The smallest absolute Gasteiger partial charge is 0.243 e. The molecule has 1 amide bonds. The first kappa shape index (κ1) is 14.7. The maximum absolute atomic E-state index is 13.3. The Morgan fingerprint density at radius 3 is 2.82 bits per heavy atom. The number of primary amides is 1. The van der Waals surface area contributed by atoms with Crippen LogP contribution < -0.4 is 10.6 Å². The van der Waals surface area contributed by atoms with Gasteiger partial charge in [-0.1, -0.05) is 6.92 Å². The zero-order chi connectivity index (χ0) is 15.9. The average Bonchev–Trinajstić information content (AvgIpc) is 2.89. The van der Waals surface area contributed by atoms with Crippen LogP contribution in [0, 0.1) is 11.6 Å². The summed E-state index contributed by atoms with van der Waals surface area (Å²) < 4.78 is 26.7. The zero-order valence-corrected chi connectivity index (χ0v) is 12.3. The van der Waals surface area contributed by atoms with Gasteiger partial charge in [0.2, 0.25) is 11.9 Å². The third-order valence-corrected chi connectivity index (χ3v) is 4.55. The largest absolute Gasteiger partial charge is 0.368 e. The van der Waals surface area contributed by atoms with Crippen molar-refractivity contribution < 1.29 is 13.6 Å². The number of benzene rings is 1. The highest BCUT2D eigenvalue weighted by Crippen LogP contribution is 2.35. The van der Waals surface area contributed by atoms with Gasteiger partial charge in [0.1, 0.15) is 5.54 Å². The quantitative estimate of drug-likeness (QED) is 0.914. The van der Waals surface area contributed by atoms with Crippen molar-refractivity contribution in [1.82, 2.24) is 9.97 Å². The molecule has 0 saturated carbocycles. The van der Waals surface area contributed by atoms with E-state index in [4.69, 9.17) is 5.73 Å². The van der Waals surface area contributed by atoms with E-state index in [1.807, 2.05) is 11.8 Å². The molecule has 0 spiro atoms. The van der Waals surface area contributed by atoms with Gasteiger partial charge in [-0.15, -0.1) is 0 Å². The minimum Gasteiger partial charge on any atom is -0.368 e. The number of carbonyl (C=O) groups is 1. The zero-order valence-electron chi connectivity index (χ0n) is 12.3. The third-order valence-electron chi connectivity index (χ3n) is 4.55. The van der Waals surface area contributed by atoms with Crippen molar-refractivity contribution in [3.63, 3.8) is 0 Å². The van der Waals surface area contributed by atoms with Crippen LogP contribution in [0.4, 0.5) is 14.7 Å². The molecule has 1 aromatic carbocycles. The lowest BCUT2D eigenvalue weighted by molar-refractivity contribution is -0.124. The van der Waals surface area contributed by atoms with Gasteiger partial charge in [0, 0.05) is 18.7 Å². The number of anilines is 1. The van der Waals surface area contributed by atoms with E-state index in [2.05, 4.69) is 9.97 Å². The Bertz CT molecular complexity index is 691. The average molecular weight is 308 g/mol. The monoisotopic (exact) mass is 308 g/mol. The van der Waals surface area contributed by atoms with Crippen LogP contribution in [0.5, 0.6) is 0 Å². The molecular formula is C15H18F2N4O. The molecule has 3 rings (SSSR count). The Kier molecular flexibility index (Phi) is 3.50. The molecule has 0 bridgehead atoms. The normalized spacial score (nSPS) is 22.2. The topological polar surface area (TPSA) is 75.0 Å². The highest BCUT2D eigenvalue weighted by atomic mass is 19.2. The molecular weight excluding hydrogens is 290 g/mol. The highest BCUT2D eigenvalue weighted by molar-refractivity contribution is 5.89. The summed E-state index contributed by atoms with van der Waals surface area (Å²) in [5, 5.41) is 0. The molecule has 1 aliphatic rings. The standard InChI is InChI=1S/C15H18F2N4O/c1-2-15(13(18)22)5-3-4-6-21(15)14-19-11-7-9(16)10(17)8-12(11)20-14/h7-8H,2-6H2,1H3,(H2,18,22)(H,19,20). The molecule has 7 heteroatoms. The lowest BCUT2D eigenvalue weighted by atomic mass is 9.84. The van der Waals surface area contributed by atoms with Crippen molar-refractivity contribution >= 4 is 22.9 Å². The van der Waals surface area contributed by atoms with E-state index in [0.29, 0.717) is 36.4 Å². The minimum absolute atomic E-state index is 0.328. The van der Waals surface area contributed by atoms with Gasteiger partial charge in [-0.05, 0) is 25.7 Å². The predicted octanol–water partition coefficient (Wildman–Crippen LogP) is 2.47. The van der Waals surface area contributed by atoms with Crippen molar-refractivity contribution in [2.24, 2.45) is 5.73 Å². The Hall–Kier alpha value is -2.18. The van der Waals surface area contributed by atoms with Crippen LogP contribution in [0.25, 0.3) is 11.0 Å². The van der Waals surface area contributed by atoms with Crippen LogP contribution in [0.3, 0.4) is 0 Å². The molecule has 5 nitrogen and oxygen atoms in total. The number of H-pyrrole nitrogens is 1. The van der Waals surface area contributed by atoms with Crippen LogP contribution in [0.15, 0.2) is 12.1 Å². The summed E-state index contributed by atoms with van der Waals surface area (Å²) in [6, 6.07) is 2.12. The number of aromatic nitrogens is 2. The second kappa shape index (κ2) is 5.23. The summed E-state index contributed by atoms with van der Waals surface area (Å²) in [5.74, 6) is -1.84. The second-order valence-corrected chi connectivity index (χ2v) is 5.70. The highest BCUT2D eigenvalue weighted by Gasteiger charge is 2.44. The molecule has 3 N–H and O–H groups in total. The summed E-state index contributed by atoms with van der Waals surface area (Å²) in [4.78, 5) is 21.2. The van der Waals surface area contributed by atoms with E-state index in [1.54, 1.807) is 0 Å². The fourth-order valence-corrected chi connectivity index (χ4v) is 3.26. The molecule has 1 aliphatic heterocycles. The summed E-state index contributed by atoms with van der Waals surface area (Å²) >= 11 is 0. The number of nitrogens with one attached hydrogen (secondary N) is 1. The number of nitrogens with zero attached hydrogens (tertiary/aromatic N) is 2. The van der Waals surface area contributed by atoms with Crippen LogP contribution in [-0.2, 0) is 4.79 Å². The van der Waals surface area contributed by atoms with Crippen molar-refractivity contribution in [2.45, 2.75) is 38.1 Å². The lowest BCUT2D eigenvalue weighted by Gasteiger charge is -2.44. The summed E-state index contributed by atoms with van der Waals surface area (Å²) in [5.41, 5.74) is 5.56. The number of rotatable bonds is 3. The summed E-state index contributed by atoms with van der Waals surface area (Å²) in [6.45, 7) is 2.53. The van der Waals surface area contributed by atoms with Crippen molar-refractivity contribution in [3.8, 4) is 0 Å². The Balaban J connectivity index is 2.09. The van der Waals surface area contributed by atoms with Gasteiger partial charge in [-0.2, -0.15) is 0 Å². The molecule has 0 radical (unpaired) electrons. The van der Waals surface area contributed by atoms with Crippen LogP contribution >= 0.6 is 0 Å². The molecule has 1 aromatic heterocycles. The van der Waals surface area contributed by atoms with Crippen LogP contribution in [0.2, 0.25) is 0 Å². The van der Waals surface area contributed by atoms with Gasteiger partial charge in [0.25, 0.3) is 0 Å². The first-order valence-corrected chi connectivity index (χ1v) is 7.40. The fourth-order valence-electron chi connectivity index (χ4n) is 3.26. The minimum atomic E-state index is -0.944. The van der Waals surface area contributed by atoms with Gasteiger partial charge in [-0.25, -0.2) is 13.8 Å². The fraction of sp³-hybridized carbons (Fsp3) is 0.467. The summed E-state index contributed by atoms with van der Waals surface area (Å²) in [6.07, 6.45) is 3.03. The molecule has 1 atom stereocenters. The molecule has 0 aliphatic carbocycles.